The summed E-state index contributed by atoms with van der Waals surface area (Å²) < 4.78 is 5.34. The number of morpholine rings is 1. The Morgan fingerprint density at radius 1 is 1.36 bits per heavy atom. The van der Waals surface area contributed by atoms with Gasteiger partial charge in [0.2, 0.25) is 0 Å². The highest BCUT2D eigenvalue weighted by molar-refractivity contribution is 7.09. The quantitative estimate of drug-likeness (QED) is 0.941. The number of nitrogens with zero attached hydrogens (tertiary/aromatic N) is 2. The van der Waals surface area contributed by atoms with Crippen LogP contribution in [0, 0.1) is 6.92 Å². The number of carbonyl (C=O) groups excluding carboxylic acids is 1. The molecule has 0 radical (unpaired) electrons. The summed E-state index contributed by atoms with van der Waals surface area (Å²) in [6.07, 6.45) is 0. The van der Waals surface area contributed by atoms with Gasteiger partial charge in [-0.05, 0) is 18.6 Å². The Labute approximate surface area is 133 Å². The second-order valence-corrected chi connectivity index (χ2v) is 6.23. The molecule has 1 saturated heterocycles. The summed E-state index contributed by atoms with van der Waals surface area (Å²) >= 11 is 1.53. The van der Waals surface area contributed by atoms with Gasteiger partial charge in [-0.25, -0.2) is 4.98 Å². The number of hydrogen-bond donors (Lipinski definition) is 1. The van der Waals surface area contributed by atoms with Crippen LogP contribution in [0.5, 0.6) is 0 Å². The summed E-state index contributed by atoms with van der Waals surface area (Å²) in [5.41, 5.74) is 2.35. The molecule has 5 nitrogen and oxygen atoms in total. The molecule has 3 rings (SSSR count). The molecule has 0 saturated carbocycles. The number of thiazole rings is 1. The zero-order chi connectivity index (χ0) is 15.4. The monoisotopic (exact) mass is 317 g/mol. The number of para-hydroxylation sites is 1. The Balaban J connectivity index is 1.63. The van der Waals surface area contributed by atoms with Crippen LogP contribution in [-0.4, -0.2) is 42.1 Å². The van der Waals surface area contributed by atoms with E-state index in [1.54, 1.807) is 0 Å². The van der Waals surface area contributed by atoms with Crippen molar-refractivity contribution in [3.63, 3.8) is 0 Å². The van der Waals surface area contributed by atoms with E-state index in [1.807, 2.05) is 36.6 Å². The largest absolute Gasteiger partial charge is 0.379 e. The number of benzene rings is 1. The minimum atomic E-state index is -0.154. The Kier molecular flexibility index (Phi) is 4.82. The van der Waals surface area contributed by atoms with E-state index < -0.39 is 0 Å². The number of nitrogens with one attached hydrogen (secondary N) is 1. The third kappa shape index (κ3) is 3.71. The van der Waals surface area contributed by atoms with E-state index >= 15 is 0 Å². The standard InChI is InChI=1S/C16H19N3O2S/c1-12-4-2-3-5-13(12)18-16(20)14-11-22-15(17-14)10-19-6-8-21-9-7-19/h2-5,11H,6-10H2,1H3,(H,18,20). The Hall–Kier alpha value is -1.76. The highest BCUT2D eigenvalue weighted by Gasteiger charge is 2.15. The molecule has 0 spiro atoms. The van der Waals surface area contributed by atoms with Gasteiger partial charge in [-0.15, -0.1) is 11.3 Å². The van der Waals surface area contributed by atoms with Crippen molar-refractivity contribution < 1.29 is 9.53 Å². The third-order valence-corrected chi connectivity index (χ3v) is 4.47. The lowest BCUT2D eigenvalue weighted by atomic mass is 10.2. The third-order valence-electron chi connectivity index (χ3n) is 3.64. The molecular formula is C16H19N3O2S. The number of carbonyl (C=O) groups is 1. The average molecular weight is 317 g/mol. The van der Waals surface area contributed by atoms with Crippen molar-refractivity contribution in [1.29, 1.82) is 0 Å². The van der Waals surface area contributed by atoms with Gasteiger partial charge in [0.15, 0.2) is 0 Å². The molecule has 6 heteroatoms. The highest BCUT2D eigenvalue weighted by Crippen LogP contribution is 2.17. The maximum absolute atomic E-state index is 12.3. The van der Waals surface area contributed by atoms with Gasteiger partial charge in [0.1, 0.15) is 10.7 Å². The van der Waals surface area contributed by atoms with Crippen molar-refractivity contribution in [1.82, 2.24) is 9.88 Å². The van der Waals surface area contributed by atoms with E-state index in [0.717, 1.165) is 49.1 Å². The van der Waals surface area contributed by atoms with E-state index in [9.17, 15) is 4.79 Å². The maximum Gasteiger partial charge on any atom is 0.275 e. The lowest BCUT2D eigenvalue weighted by Gasteiger charge is -2.25. The topological polar surface area (TPSA) is 54.5 Å². The fourth-order valence-corrected chi connectivity index (χ4v) is 3.15. The summed E-state index contributed by atoms with van der Waals surface area (Å²) in [5, 5.41) is 5.71. The Morgan fingerprint density at radius 3 is 2.91 bits per heavy atom. The Morgan fingerprint density at radius 2 is 2.14 bits per heavy atom. The first kappa shape index (κ1) is 15.1. The van der Waals surface area contributed by atoms with Crippen LogP contribution in [0.2, 0.25) is 0 Å². The van der Waals surface area contributed by atoms with Gasteiger partial charge in [0.25, 0.3) is 5.91 Å². The number of aryl methyl sites for hydroxylation is 1. The van der Waals surface area contributed by atoms with E-state index in [4.69, 9.17) is 4.74 Å². The predicted molar refractivity (Wildman–Crippen MR) is 87.3 cm³/mol. The molecule has 1 aromatic carbocycles. The fourth-order valence-electron chi connectivity index (χ4n) is 2.34. The van der Waals surface area contributed by atoms with Crippen molar-refractivity contribution in [3.8, 4) is 0 Å². The van der Waals surface area contributed by atoms with Crippen LogP contribution < -0.4 is 5.32 Å². The highest BCUT2D eigenvalue weighted by atomic mass is 32.1. The SMILES string of the molecule is Cc1ccccc1NC(=O)c1csc(CN2CCOCC2)n1. The molecule has 2 aromatic rings. The van der Waals surface area contributed by atoms with Gasteiger partial charge in [0, 0.05) is 24.2 Å². The zero-order valence-corrected chi connectivity index (χ0v) is 13.4. The van der Waals surface area contributed by atoms with E-state index in [2.05, 4.69) is 15.2 Å². The van der Waals surface area contributed by atoms with Crippen molar-refractivity contribution >= 4 is 22.9 Å². The van der Waals surface area contributed by atoms with Gasteiger partial charge in [-0.1, -0.05) is 18.2 Å². The lowest BCUT2D eigenvalue weighted by Crippen LogP contribution is -2.35. The first-order valence-electron chi connectivity index (χ1n) is 7.34. The molecule has 1 N–H and O–H groups in total. The summed E-state index contributed by atoms with van der Waals surface area (Å²) in [6, 6.07) is 7.73. The fraction of sp³-hybridized carbons (Fsp3) is 0.375. The average Bonchev–Trinajstić information content (AvgIpc) is 2.99. The molecule has 0 bridgehead atoms. The zero-order valence-electron chi connectivity index (χ0n) is 12.5. The minimum Gasteiger partial charge on any atom is -0.379 e. The van der Waals surface area contributed by atoms with Gasteiger partial charge in [0.05, 0.1) is 19.8 Å². The first-order valence-corrected chi connectivity index (χ1v) is 8.22. The molecule has 116 valence electrons. The van der Waals surface area contributed by atoms with Gasteiger partial charge >= 0.3 is 0 Å². The molecule has 1 amide bonds. The van der Waals surface area contributed by atoms with Crippen molar-refractivity contribution in [3.05, 3.63) is 45.9 Å². The van der Waals surface area contributed by atoms with Crippen LogP contribution >= 0.6 is 11.3 Å². The number of rotatable bonds is 4. The van der Waals surface area contributed by atoms with Crippen LogP contribution in [0.4, 0.5) is 5.69 Å². The molecule has 1 aromatic heterocycles. The van der Waals surface area contributed by atoms with Crippen molar-refractivity contribution in [2.45, 2.75) is 13.5 Å². The van der Waals surface area contributed by atoms with Crippen LogP contribution in [-0.2, 0) is 11.3 Å². The van der Waals surface area contributed by atoms with E-state index in [1.165, 1.54) is 11.3 Å². The molecular weight excluding hydrogens is 298 g/mol. The van der Waals surface area contributed by atoms with Crippen molar-refractivity contribution in [2.24, 2.45) is 0 Å². The Bertz CT molecular complexity index is 650. The second-order valence-electron chi connectivity index (χ2n) is 5.28. The number of ether oxygens (including phenoxy) is 1. The van der Waals surface area contributed by atoms with Gasteiger partial charge in [-0.2, -0.15) is 0 Å². The summed E-state index contributed by atoms with van der Waals surface area (Å²) in [7, 11) is 0. The molecule has 1 fully saturated rings. The molecule has 0 atom stereocenters. The van der Waals surface area contributed by atoms with Crippen LogP contribution in [0.15, 0.2) is 29.6 Å². The molecule has 1 aliphatic heterocycles. The van der Waals surface area contributed by atoms with E-state index in [0.29, 0.717) is 5.69 Å². The van der Waals surface area contributed by atoms with Crippen LogP contribution in [0.3, 0.4) is 0 Å². The van der Waals surface area contributed by atoms with E-state index in [-0.39, 0.29) is 5.91 Å². The molecule has 0 unspecified atom stereocenters. The maximum atomic E-state index is 12.3. The number of amides is 1. The molecule has 2 heterocycles. The molecule has 0 aliphatic carbocycles. The number of hydrogen-bond acceptors (Lipinski definition) is 5. The van der Waals surface area contributed by atoms with Crippen LogP contribution in [0.1, 0.15) is 21.1 Å². The number of anilines is 1. The first-order chi connectivity index (χ1) is 10.7. The predicted octanol–water partition coefficient (Wildman–Crippen LogP) is 2.54. The molecule has 22 heavy (non-hydrogen) atoms. The summed E-state index contributed by atoms with van der Waals surface area (Å²) in [6.45, 7) is 6.14. The number of aromatic nitrogens is 1. The van der Waals surface area contributed by atoms with Crippen LogP contribution in [0.25, 0.3) is 0 Å². The minimum absolute atomic E-state index is 0.154. The van der Waals surface area contributed by atoms with Gasteiger partial charge < -0.3 is 10.1 Å². The summed E-state index contributed by atoms with van der Waals surface area (Å²) in [5.74, 6) is -0.154. The summed E-state index contributed by atoms with van der Waals surface area (Å²) in [4.78, 5) is 19.0. The van der Waals surface area contributed by atoms with Crippen molar-refractivity contribution in [2.75, 3.05) is 31.6 Å². The van der Waals surface area contributed by atoms with Gasteiger partial charge in [-0.3, -0.25) is 9.69 Å². The lowest BCUT2D eigenvalue weighted by molar-refractivity contribution is 0.0341. The molecule has 1 aliphatic rings. The second kappa shape index (κ2) is 7.00. The normalized spacial score (nSPS) is 15.7. The smallest absolute Gasteiger partial charge is 0.275 e.